The Kier molecular flexibility index (Phi) is 9.79. The predicted molar refractivity (Wildman–Crippen MR) is 139 cm³/mol. The van der Waals surface area contributed by atoms with Crippen LogP contribution in [0.25, 0.3) is 0 Å². The van der Waals surface area contributed by atoms with Gasteiger partial charge in [-0.05, 0) is 68.9 Å². The summed E-state index contributed by atoms with van der Waals surface area (Å²) >= 11 is 6.01. The third-order valence-electron chi connectivity index (χ3n) is 6.68. The second-order valence-electron chi connectivity index (χ2n) is 9.55. The highest BCUT2D eigenvalue weighted by Gasteiger charge is 2.35. The van der Waals surface area contributed by atoms with Crippen LogP contribution in [0.5, 0.6) is 0 Å². The number of piperidine rings is 1. The number of halogens is 4. The lowest BCUT2D eigenvalue weighted by Crippen LogP contribution is -2.44. The van der Waals surface area contributed by atoms with Crippen LogP contribution in [-0.4, -0.2) is 69.5 Å². The average Bonchev–Trinajstić information content (AvgIpc) is 2.83. The van der Waals surface area contributed by atoms with E-state index in [-0.39, 0.29) is 41.4 Å². The third-order valence-corrected chi connectivity index (χ3v) is 8.74. The number of nitrogens with one attached hydrogen (secondary N) is 1. The predicted octanol–water partition coefficient (Wildman–Crippen LogP) is 4.65. The highest BCUT2D eigenvalue weighted by atomic mass is 35.5. The molecule has 1 atom stereocenters. The van der Waals surface area contributed by atoms with Crippen LogP contribution in [0.3, 0.4) is 0 Å². The topological polar surface area (TPSA) is 69.7 Å². The maximum Gasteiger partial charge on any atom is 0.416 e. The fourth-order valence-electron chi connectivity index (χ4n) is 4.55. The summed E-state index contributed by atoms with van der Waals surface area (Å²) in [5, 5.41) is 3.19. The lowest BCUT2D eigenvalue weighted by molar-refractivity contribution is -0.138. The number of hydrogen-bond donors (Lipinski definition) is 1. The monoisotopic (exact) mass is 559 g/mol. The maximum atomic E-state index is 13.9. The van der Waals surface area contributed by atoms with E-state index in [1.54, 1.807) is 0 Å². The van der Waals surface area contributed by atoms with Crippen molar-refractivity contribution in [2.75, 3.05) is 39.5 Å². The highest BCUT2D eigenvalue weighted by molar-refractivity contribution is 7.91. The Morgan fingerprint density at radius 2 is 1.89 bits per heavy atom. The Bertz CT molecular complexity index is 1220. The van der Waals surface area contributed by atoms with Crippen LogP contribution in [0, 0.1) is 0 Å². The molecule has 3 rings (SSSR count). The van der Waals surface area contributed by atoms with Crippen molar-refractivity contribution in [3.63, 3.8) is 0 Å². The number of sulfone groups is 1. The number of rotatable bonds is 10. The first kappa shape index (κ1) is 29.6. The van der Waals surface area contributed by atoms with E-state index < -0.39 is 27.4 Å². The molecule has 1 aliphatic heterocycles. The molecule has 6 nitrogen and oxygen atoms in total. The molecule has 1 aliphatic rings. The number of nitrogens with zero attached hydrogens (tertiary/aromatic N) is 2. The normalized spacial score (nSPS) is 17.4. The second kappa shape index (κ2) is 12.3. The number of carbonyl (C=O) groups is 1. The van der Waals surface area contributed by atoms with Gasteiger partial charge >= 0.3 is 6.18 Å². The standard InChI is InChI=1S/C26H33ClF3N3O3S/c1-4-37(35,36)25-10-9-21(27)12-20(25)14-31-15-24(34)18-7-8-19(23(13-18)26(28,29)30)16-33-11-5-6-22(17-33)32(2)3/h7-10,12-13,22,31H,4-6,11,14-17H2,1-3H3/t22-/m0/s1. The van der Waals surface area contributed by atoms with Gasteiger partial charge in [0.05, 0.1) is 22.8 Å². The highest BCUT2D eigenvalue weighted by Crippen LogP contribution is 2.34. The number of hydrogen-bond acceptors (Lipinski definition) is 6. The molecule has 0 aliphatic carbocycles. The molecule has 37 heavy (non-hydrogen) atoms. The number of alkyl halides is 3. The van der Waals surface area contributed by atoms with Gasteiger partial charge in [-0.2, -0.15) is 13.2 Å². The Hall–Kier alpha value is -1.98. The zero-order valence-corrected chi connectivity index (χ0v) is 22.8. The van der Waals surface area contributed by atoms with Gasteiger partial charge in [0.15, 0.2) is 15.6 Å². The van der Waals surface area contributed by atoms with Crippen molar-refractivity contribution in [1.82, 2.24) is 15.1 Å². The van der Waals surface area contributed by atoms with Crippen LogP contribution in [0.15, 0.2) is 41.3 Å². The Morgan fingerprint density at radius 3 is 2.54 bits per heavy atom. The molecule has 0 aromatic heterocycles. The minimum Gasteiger partial charge on any atom is -0.306 e. The number of carbonyl (C=O) groups excluding carboxylic acids is 1. The third kappa shape index (κ3) is 7.77. The van der Waals surface area contributed by atoms with E-state index >= 15 is 0 Å². The van der Waals surface area contributed by atoms with Gasteiger partial charge in [-0.1, -0.05) is 30.7 Å². The molecule has 1 fully saturated rings. The molecule has 0 spiro atoms. The molecule has 2 aromatic carbocycles. The molecular formula is C26H33ClF3N3O3S. The molecule has 11 heteroatoms. The van der Waals surface area contributed by atoms with Crippen molar-refractivity contribution < 1.29 is 26.4 Å². The summed E-state index contributed by atoms with van der Waals surface area (Å²) in [6.45, 7) is 2.87. The number of likely N-dealkylation sites (tertiary alicyclic amines) is 1. The second-order valence-corrected chi connectivity index (χ2v) is 12.2. The minimum atomic E-state index is -4.60. The SMILES string of the molecule is CCS(=O)(=O)c1ccc(Cl)cc1CNCC(=O)c1ccc(CN2CCC[C@H](N(C)C)C2)c(C(F)(F)F)c1. The Labute approximate surface area is 221 Å². The number of likely N-dealkylation sites (N-methyl/N-ethyl adjacent to an activating group) is 1. The molecule has 1 N–H and O–H groups in total. The largest absolute Gasteiger partial charge is 0.416 e. The van der Waals surface area contributed by atoms with Gasteiger partial charge in [-0.15, -0.1) is 0 Å². The van der Waals surface area contributed by atoms with Gasteiger partial charge < -0.3 is 10.2 Å². The first-order valence-electron chi connectivity index (χ1n) is 12.2. The molecule has 204 valence electrons. The van der Waals surface area contributed by atoms with Gasteiger partial charge in [0, 0.05) is 36.3 Å². The summed E-state index contributed by atoms with van der Waals surface area (Å²) in [5.74, 6) is -0.620. The van der Waals surface area contributed by atoms with Crippen molar-refractivity contribution in [3.8, 4) is 0 Å². The van der Waals surface area contributed by atoms with Crippen molar-refractivity contribution in [2.45, 2.75) is 50.0 Å². The molecule has 0 bridgehead atoms. The summed E-state index contributed by atoms with van der Waals surface area (Å²) in [6, 6.07) is 8.41. The van der Waals surface area contributed by atoms with Crippen LogP contribution in [0.2, 0.25) is 5.02 Å². The molecule has 0 radical (unpaired) electrons. The van der Waals surface area contributed by atoms with E-state index in [4.69, 9.17) is 11.6 Å². The van der Waals surface area contributed by atoms with Crippen molar-refractivity contribution in [2.24, 2.45) is 0 Å². The molecular weight excluding hydrogens is 527 g/mol. The van der Waals surface area contributed by atoms with E-state index in [0.717, 1.165) is 25.5 Å². The van der Waals surface area contributed by atoms with Crippen LogP contribution >= 0.6 is 11.6 Å². The quantitative estimate of drug-likeness (QED) is 0.427. The van der Waals surface area contributed by atoms with Gasteiger partial charge in [-0.3, -0.25) is 9.69 Å². The molecule has 0 saturated carbocycles. The summed E-state index contributed by atoms with van der Waals surface area (Å²) in [7, 11) is 0.433. The first-order valence-corrected chi connectivity index (χ1v) is 14.2. The first-order chi connectivity index (χ1) is 17.3. The molecule has 1 heterocycles. The van der Waals surface area contributed by atoms with Gasteiger partial charge in [0.1, 0.15) is 0 Å². The zero-order valence-electron chi connectivity index (χ0n) is 21.2. The molecule has 1 saturated heterocycles. The Morgan fingerprint density at radius 1 is 1.16 bits per heavy atom. The van der Waals surface area contributed by atoms with Crippen molar-refractivity contribution >= 4 is 27.2 Å². The van der Waals surface area contributed by atoms with Gasteiger partial charge in [0.2, 0.25) is 0 Å². The fourth-order valence-corrected chi connectivity index (χ4v) is 5.86. The number of benzene rings is 2. The zero-order chi connectivity index (χ0) is 27.4. The van der Waals surface area contributed by atoms with E-state index in [0.29, 0.717) is 23.2 Å². The van der Waals surface area contributed by atoms with Crippen LogP contribution in [0.4, 0.5) is 13.2 Å². The summed E-state index contributed by atoms with van der Waals surface area (Å²) in [4.78, 5) is 17.0. The van der Waals surface area contributed by atoms with E-state index in [9.17, 15) is 26.4 Å². The van der Waals surface area contributed by atoms with Crippen LogP contribution in [0.1, 0.15) is 46.8 Å². The van der Waals surface area contributed by atoms with Gasteiger partial charge in [-0.25, -0.2) is 8.42 Å². The maximum absolute atomic E-state index is 13.9. The molecule has 0 amide bonds. The lowest BCUT2D eigenvalue weighted by Gasteiger charge is -2.36. The lowest BCUT2D eigenvalue weighted by atomic mass is 9.98. The van der Waals surface area contributed by atoms with Gasteiger partial charge in [0.25, 0.3) is 0 Å². The molecule has 2 aromatic rings. The van der Waals surface area contributed by atoms with Crippen LogP contribution < -0.4 is 5.32 Å². The number of ketones is 1. The smallest absolute Gasteiger partial charge is 0.306 e. The minimum absolute atomic E-state index is 0.0209. The van der Waals surface area contributed by atoms with Crippen molar-refractivity contribution in [3.05, 3.63) is 63.7 Å². The number of Topliss-reactive ketones (excluding diaryl/α,β-unsaturated/α-hetero) is 1. The van der Waals surface area contributed by atoms with E-state index in [1.807, 2.05) is 19.0 Å². The van der Waals surface area contributed by atoms with E-state index in [1.165, 1.54) is 37.3 Å². The van der Waals surface area contributed by atoms with E-state index in [2.05, 4.69) is 10.2 Å². The Balaban J connectivity index is 1.73. The summed E-state index contributed by atoms with van der Waals surface area (Å²) in [6.07, 6.45) is -2.67. The fraction of sp³-hybridized carbons (Fsp3) is 0.500. The average molecular weight is 560 g/mol. The van der Waals surface area contributed by atoms with Crippen LogP contribution in [-0.2, 0) is 29.1 Å². The summed E-state index contributed by atoms with van der Waals surface area (Å²) < 4.78 is 66.5. The van der Waals surface area contributed by atoms with Crippen molar-refractivity contribution in [1.29, 1.82) is 0 Å². The summed E-state index contributed by atoms with van der Waals surface area (Å²) in [5.41, 5.74) is -0.326. The molecule has 0 unspecified atom stereocenters.